The molecule has 0 fully saturated rings. The van der Waals surface area contributed by atoms with Crippen molar-refractivity contribution in [2.24, 2.45) is 0 Å². The third-order valence-electron chi connectivity index (χ3n) is 4.81. The Labute approximate surface area is 185 Å². The monoisotopic (exact) mass is 454 g/mol. The maximum Gasteiger partial charge on any atom is 0.573 e. The first-order chi connectivity index (χ1) is 15.7. The van der Waals surface area contributed by atoms with Crippen LogP contribution < -0.4 is 15.6 Å². The van der Waals surface area contributed by atoms with Crippen molar-refractivity contribution in [1.82, 2.24) is 14.5 Å². The number of carbonyl (C=O) groups excluding carboxylic acids is 1. The second kappa shape index (κ2) is 8.73. The van der Waals surface area contributed by atoms with Crippen molar-refractivity contribution in [2.45, 2.75) is 19.8 Å². The van der Waals surface area contributed by atoms with E-state index in [0.29, 0.717) is 17.8 Å². The minimum absolute atomic E-state index is 0.175. The van der Waals surface area contributed by atoms with Crippen LogP contribution in [0.15, 0.2) is 71.9 Å². The summed E-state index contributed by atoms with van der Waals surface area (Å²) < 4.78 is 42.2. The van der Waals surface area contributed by atoms with Crippen LogP contribution in [0.4, 0.5) is 18.9 Å². The Bertz CT molecular complexity index is 1370. The lowest BCUT2D eigenvalue weighted by atomic mass is 10.1. The van der Waals surface area contributed by atoms with Gasteiger partial charge in [0.05, 0.1) is 28.7 Å². The Hall–Kier alpha value is -4.21. The smallest absolute Gasteiger partial charge is 0.406 e. The van der Waals surface area contributed by atoms with Gasteiger partial charge in [-0.2, -0.15) is 0 Å². The summed E-state index contributed by atoms with van der Waals surface area (Å²) in [6.45, 7) is 1.94. The average Bonchev–Trinajstić information content (AvgIpc) is 2.76. The number of amides is 1. The molecule has 0 bridgehead atoms. The summed E-state index contributed by atoms with van der Waals surface area (Å²) in [5.74, 6) is -0.952. The van der Waals surface area contributed by atoms with Crippen LogP contribution in [0.1, 0.15) is 21.6 Å². The van der Waals surface area contributed by atoms with E-state index in [-0.39, 0.29) is 22.2 Å². The molecule has 168 valence electrons. The SMILES string of the molecule is Cc1nc2ccn(Cc3cccnc3)c(=O)c2cc1C(=O)Nc1ccc(OC(F)(F)F)cc1. The zero-order valence-corrected chi connectivity index (χ0v) is 17.3. The molecule has 4 rings (SSSR count). The summed E-state index contributed by atoms with van der Waals surface area (Å²) >= 11 is 0. The van der Waals surface area contributed by atoms with E-state index < -0.39 is 18.0 Å². The number of nitrogens with zero attached hydrogens (tertiary/aromatic N) is 3. The van der Waals surface area contributed by atoms with Crippen LogP contribution in [0.2, 0.25) is 0 Å². The van der Waals surface area contributed by atoms with Gasteiger partial charge in [-0.15, -0.1) is 13.2 Å². The summed E-state index contributed by atoms with van der Waals surface area (Å²) in [6, 6.07) is 11.5. The van der Waals surface area contributed by atoms with Gasteiger partial charge in [0.2, 0.25) is 0 Å². The molecule has 10 heteroatoms. The molecule has 0 radical (unpaired) electrons. The highest BCUT2D eigenvalue weighted by Gasteiger charge is 2.31. The Morgan fingerprint density at radius 3 is 2.58 bits per heavy atom. The first kappa shape index (κ1) is 22.0. The molecular weight excluding hydrogens is 437 g/mol. The average molecular weight is 454 g/mol. The summed E-state index contributed by atoms with van der Waals surface area (Å²) in [4.78, 5) is 34.2. The van der Waals surface area contributed by atoms with Crippen LogP contribution >= 0.6 is 0 Å². The molecule has 0 spiro atoms. The third-order valence-corrected chi connectivity index (χ3v) is 4.81. The van der Waals surface area contributed by atoms with Gasteiger partial charge in [0.15, 0.2) is 0 Å². The van der Waals surface area contributed by atoms with E-state index in [2.05, 4.69) is 20.0 Å². The van der Waals surface area contributed by atoms with Gasteiger partial charge in [-0.05, 0) is 55.0 Å². The number of benzene rings is 1. The van der Waals surface area contributed by atoms with E-state index >= 15 is 0 Å². The van der Waals surface area contributed by atoms with Crippen LogP contribution in [-0.2, 0) is 6.54 Å². The lowest BCUT2D eigenvalue weighted by Gasteiger charge is -2.12. The van der Waals surface area contributed by atoms with Crippen molar-refractivity contribution in [2.75, 3.05) is 5.32 Å². The van der Waals surface area contributed by atoms with Crippen molar-refractivity contribution in [1.29, 1.82) is 0 Å². The van der Waals surface area contributed by atoms with Crippen LogP contribution in [0.3, 0.4) is 0 Å². The van der Waals surface area contributed by atoms with E-state index in [1.54, 1.807) is 37.6 Å². The molecule has 7 nitrogen and oxygen atoms in total. The highest BCUT2D eigenvalue weighted by Crippen LogP contribution is 2.24. The van der Waals surface area contributed by atoms with Gasteiger partial charge in [-0.3, -0.25) is 19.6 Å². The summed E-state index contributed by atoms with van der Waals surface area (Å²) in [5, 5.41) is 2.86. The lowest BCUT2D eigenvalue weighted by Crippen LogP contribution is -2.22. The quantitative estimate of drug-likeness (QED) is 0.486. The number of nitrogens with one attached hydrogen (secondary N) is 1. The Morgan fingerprint density at radius 1 is 1.15 bits per heavy atom. The minimum atomic E-state index is -4.80. The molecule has 4 aromatic rings. The number of alkyl halides is 3. The first-order valence-corrected chi connectivity index (χ1v) is 9.76. The topological polar surface area (TPSA) is 86.1 Å². The van der Waals surface area contributed by atoms with E-state index in [9.17, 15) is 22.8 Å². The number of fused-ring (bicyclic) bond motifs is 1. The minimum Gasteiger partial charge on any atom is -0.406 e. The highest BCUT2D eigenvalue weighted by atomic mass is 19.4. The largest absolute Gasteiger partial charge is 0.573 e. The second-order valence-corrected chi connectivity index (χ2v) is 7.19. The summed E-state index contributed by atoms with van der Waals surface area (Å²) in [7, 11) is 0. The summed E-state index contributed by atoms with van der Waals surface area (Å²) in [5.41, 5.74) is 1.82. The zero-order valence-electron chi connectivity index (χ0n) is 17.3. The van der Waals surface area contributed by atoms with Crippen molar-refractivity contribution in [3.63, 3.8) is 0 Å². The van der Waals surface area contributed by atoms with Crippen molar-refractivity contribution >= 4 is 22.5 Å². The van der Waals surface area contributed by atoms with Gasteiger partial charge >= 0.3 is 6.36 Å². The van der Waals surface area contributed by atoms with Crippen molar-refractivity contribution < 1.29 is 22.7 Å². The van der Waals surface area contributed by atoms with Gasteiger partial charge in [-0.1, -0.05) is 6.07 Å². The molecule has 1 aromatic carbocycles. The molecule has 3 aromatic heterocycles. The van der Waals surface area contributed by atoms with Crippen LogP contribution in [-0.4, -0.2) is 26.8 Å². The zero-order chi connectivity index (χ0) is 23.6. The van der Waals surface area contributed by atoms with E-state index in [0.717, 1.165) is 17.7 Å². The standard InChI is InChI=1S/C23H17F3N4O3/c1-14-18(21(31)29-16-4-6-17(7-5-16)33-23(24,25)26)11-19-20(28-14)8-10-30(22(19)32)13-15-3-2-9-27-12-15/h2-12H,13H2,1H3,(H,29,31). The molecule has 33 heavy (non-hydrogen) atoms. The number of aryl methyl sites for hydroxylation is 1. The number of hydrogen-bond acceptors (Lipinski definition) is 5. The van der Waals surface area contributed by atoms with Gasteiger partial charge in [0, 0.05) is 24.3 Å². The van der Waals surface area contributed by atoms with Crippen LogP contribution in [0.5, 0.6) is 5.75 Å². The number of ether oxygens (including phenoxy) is 1. The first-order valence-electron chi connectivity index (χ1n) is 9.76. The van der Waals surface area contributed by atoms with Gasteiger partial charge in [0.1, 0.15) is 5.75 Å². The fourth-order valence-corrected chi connectivity index (χ4v) is 3.29. The van der Waals surface area contributed by atoms with Gasteiger partial charge in [-0.25, -0.2) is 0 Å². The summed E-state index contributed by atoms with van der Waals surface area (Å²) in [6.07, 6.45) is 0.131. The fourth-order valence-electron chi connectivity index (χ4n) is 3.29. The van der Waals surface area contributed by atoms with Gasteiger partial charge < -0.3 is 14.6 Å². The number of aromatic nitrogens is 3. The van der Waals surface area contributed by atoms with Crippen LogP contribution in [0, 0.1) is 6.92 Å². The molecule has 3 heterocycles. The number of hydrogen-bond donors (Lipinski definition) is 1. The molecule has 0 saturated carbocycles. The third kappa shape index (κ3) is 5.17. The number of rotatable bonds is 5. The predicted molar refractivity (Wildman–Crippen MR) is 115 cm³/mol. The molecule has 0 saturated heterocycles. The molecule has 0 aliphatic carbocycles. The molecule has 1 amide bonds. The van der Waals surface area contributed by atoms with Gasteiger partial charge in [0.25, 0.3) is 11.5 Å². The normalized spacial score (nSPS) is 11.4. The Balaban J connectivity index is 1.60. The molecule has 0 unspecified atom stereocenters. The molecular formula is C23H17F3N4O3. The van der Waals surface area contributed by atoms with E-state index in [1.807, 2.05) is 6.07 Å². The molecule has 1 N–H and O–H groups in total. The molecule has 0 aliphatic heterocycles. The van der Waals surface area contributed by atoms with Crippen LogP contribution in [0.25, 0.3) is 10.9 Å². The predicted octanol–water partition coefficient (Wildman–Crippen LogP) is 4.30. The van der Waals surface area contributed by atoms with Crippen molar-refractivity contribution in [3.8, 4) is 5.75 Å². The second-order valence-electron chi connectivity index (χ2n) is 7.19. The number of anilines is 1. The van der Waals surface area contributed by atoms with E-state index in [4.69, 9.17) is 0 Å². The highest BCUT2D eigenvalue weighted by molar-refractivity contribution is 6.06. The molecule has 0 aliphatic rings. The van der Waals surface area contributed by atoms with E-state index in [1.165, 1.54) is 22.8 Å². The Kier molecular flexibility index (Phi) is 5.82. The lowest BCUT2D eigenvalue weighted by molar-refractivity contribution is -0.274. The maximum absolute atomic E-state index is 13.0. The molecule has 0 atom stereocenters. The fraction of sp³-hybridized carbons (Fsp3) is 0.130. The Morgan fingerprint density at radius 2 is 1.91 bits per heavy atom. The number of carbonyl (C=O) groups is 1. The number of pyridine rings is 3. The van der Waals surface area contributed by atoms with Crippen molar-refractivity contribution in [3.05, 3.63) is 94.3 Å². The number of halogens is 3. The maximum atomic E-state index is 13.0.